The third-order valence-electron chi connectivity index (χ3n) is 5.36. The summed E-state index contributed by atoms with van der Waals surface area (Å²) in [6.07, 6.45) is 3.76. The molecular weight excluding hydrogens is 470 g/mol. The van der Waals surface area contributed by atoms with Crippen LogP contribution in [0.5, 0.6) is 17.2 Å². The van der Waals surface area contributed by atoms with E-state index in [2.05, 4.69) is 10.1 Å². The first kappa shape index (κ1) is 24.9. The topological polar surface area (TPSA) is 119 Å². The summed E-state index contributed by atoms with van der Waals surface area (Å²) >= 11 is 6.32. The standard InChI is InChI=1S/C23H26ClNO7S/c1-3-31-23(28)22(27)25-16-10-14(2)21(18(24)11-16)32-17-8-9-19(26)20(12-17)33(29,30)13-15-6-4-5-7-15/h8-12,15,26H,3-7,13H2,1-2H3,(H,25,27). The van der Waals surface area contributed by atoms with E-state index in [1.165, 1.54) is 24.3 Å². The molecule has 1 amide bonds. The summed E-state index contributed by atoms with van der Waals surface area (Å²) in [5.74, 6) is -1.77. The fraction of sp³-hybridized carbons (Fsp3) is 0.391. The van der Waals surface area contributed by atoms with Crippen molar-refractivity contribution >= 4 is 39.0 Å². The third kappa shape index (κ3) is 6.17. The highest BCUT2D eigenvalue weighted by Crippen LogP contribution is 2.38. The molecule has 0 heterocycles. The lowest BCUT2D eigenvalue weighted by atomic mass is 10.1. The molecule has 0 aromatic heterocycles. The van der Waals surface area contributed by atoms with Crippen molar-refractivity contribution in [1.29, 1.82) is 0 Å². The van der Waals surface area contributed by atoms with E-state index in [0.717, 1.165) is 25.7 Å². The van der Waals surface area contributed by atoms with Crippen LogP contribution in [-0.2, 0) is 24.2 Å². The Kier molecular flexibility index (Phi) is 7.86. The van der Waals surface area contributed by atoms with Crippen LogP contribution >= 0.6 is 11.6 Å². The summed E-state index contributed by atoms with van der Waals surface area (Å²) < 4.78 is 36.2. The first-order chi connectivity index (χ1) is 15.6. The van der Waals surface area contributed by atoms with Gasteiger partial charge in [0, 0.05) is 11.8 Å². The molecule has 178 valence electrons. The number of amides is 1. The molecule has 3 rings (SSSR count). The maximum atomic E-state index is 12.9. The van der Waals surface area contributed by atoms with Crippen molar-refractivity contribution in [1.82, 2.24) is 0 Å². The van der Waals surface area contributed by atoms with E-state index >= 15 is 0 Å². The normalized spacial score (nSPS) is 14.2. The Balaban J connectivity index is 1.81. The average molecular weight is 496 g/mol. The zero-order valence-electron chi connectivity index (χ0n) is 18.4. The molecule has 0 unspecified atom stereocenters. The van der Waals surface area contributed by atoms with Crippen LogP contribution in [0, 0.1) is 12.8 Å². The van der Waals surface area contributed by atoms with Gasteiger partial charge in [-0.25, -0.2) is 13.2 Å². The monoisotopic (exact) mass is 495 g/mol. The summed E-state index contributed by atoms with van der Waals surface area (Å²) in [5.41, 5.74) is 0.804. The molecule has 0 atom stereocenters. The Hall–Kier alpha value is -2.78. The Labute approximate surface area is 197 Å². The van der Waals surface area contributed by atoms with Gasteiger partial charge in [-0.1, -0.05) is 24.4 Å². The Morgan fingerprint density at radius 1 is 1.18 bits per heavy atom. The number of phenols is 1. The van der Waals surface area contributed by atoms with Crippen LogP contribution in [0.4, 0.5) is 5.69 Å². The minimum absolute atomic E-state index is 0.0152. The fourth-order valence-corrected chi connectivity index (χ4v) is 5.93. The van der Waals surface area contributed by atoms with Crippen LogP contribution in [0.25, 0.3) is 0 Å². The average Bonchev–Trinajstić information content (AvgIpc) is 3.24. The van der Waals surface area contributed by atoms with E-state index in [9.17, 15) is 23.1 Å². The van der Waals surface area contributed by atoms with Gasteiger partial charge in [-0.3, -0.25) is 4.79 Å². The molecule has 8 nitrogen and oxygen atoms in total. The molecule has 0 saturated heterocycles. The first-order valence-electron chi connectivity index (χ1n) is 10.6. The first-order valence-corrected chi connectivity index (χ1v) is 12.7. The van der Waals surface area contributed by atoms with Crippen molar-refractivity contribution in [2.24, 2.45) is 5.92 Å². The largest absolute Gasteiger partial charge is 0.507 e. The van der Waals surface area contributed by atoms with E-state index in [4.69, 9.17) is 16.3 Å². The molecule has 2 aromatic carbocycles. The van der Waals surface area contributed by atoms with Crippen LogP contribution in [0.3, 0.4) is 0 Å². The van der Waals surface area contributed by atoms with E-state index in [-0.39, 0.29) is 51.1 Å². The number of hydrogen-bond donors (Lipinski definition) is 2. The smallest absolute Gasteiger partial charge is 0.397 e. The quantitative estimate of drug-likeness (QED) is 0.425. The summed E-state index contributed by atoms with van der Waals surface area (Å²) in [6.45, 7) is 3.34. The number of aromatic hydroxyl groups is 1. The third-order valence-corrected chi connectivity index (χ3v) is 7.55. The number of halogens is 1. The molecule has 0 aliphatic heterocycles. The number of carbonyl (C=O) groups excluding carboxylic acids is 2. The molecular formula is C23H26ClNO7S. The summed E-state index contributed by atoms with van der Waals surface area (Å²) in [7, 11) is -3.70. The van der Waals surface area contributed by atoms with Gasteiger partial charge < -0.3 is 19.9 Å². The molecule has 0 radical (unpaired) electrons. The van der Waals surface area contributed by atoms with Crippen LogP contribution in [0.2, 0.25) is 5.02 Å². The van der Waals surface area contributed by atoms with Gasteiger partial charge in [0.25, 0.3) is 0 Å². The van der Waals surface area contributed by atoms with Crippen molar-refractivity contribution < 1.29 is 32.6 Å². The highest BCUT2D eigenvalue weighted by molar-refractivity contribution is 7.91. The maximum absolute atomic E-state index is 12.9. The fourth-order valence-electron chi connectivity index (χ4n) is 3.81. The number of aryl methyl sites for hydroxylation is 1. The number of nitrogens with one attached hydrogen (secondary N) is 1. The van der Waals surface area contributed by atoms with Crippen LogP contribution in [0.15, 0.2) is 35.2 Å². The molecule has 0 bridgehead atoms. The molecule has 1 saturated carbocycles. The van der Waals surface area contributed by atoms with Crippen LogP contribution in [-0.4, -0.2) is 37.8 Å². The van der Waals surface area contributed by atoms with Gasteiger partial charge in [-0.05, 0) is 62.4 Å². The predicted molar refractivity (Wildman–Crippen MR) is 124 cm³/mol. The Morgan fingerprint density at radius 2 is 1.88 bits per heavy atom. The molecule has 1 fully saturated rings. The van der Waals surface area contributed by atoms with Gasteiger partial charge in [0.15, 0.2) is 9.84 Å². The second kappa shape index (κ2) is 10.4. The molecule has 2 aromatic rings. The number of ether oxygens (including phenoxy) is 2. The number of rotatable bonds is 7. The molecule has 1 aliphatic rings. The van der Waals surface area contributed by atoms with Gasteiger partial charge in [0.2, 0.25) is 0 Å². The number of hydrogen-bond acceptors (Lipinski definition) is 7. The maximum Gasteiger partial charge on any atom is 0.397 e. The summed E-state index contributed by atoms with van der Waals surface area (Å²) in [6, 6.07) is 6.95. The molecule has 10 heteroatoms. The number of benzene rings is 2. The van der Waals surface area contributed by atoms with Gasteiger partial charge in [-0.15, -0.1) is 0 Å². The minimum atomic E-state index is -3.70. The summed E-state index contributed by atoms with van der Waals surface area (Å²) in [5, 5.41) is 12.7. The van der Waals surface area contributed by atoms with E-state index in [1.54, 1.807) is 19.9 Å². The molecule has 1 aliphatic carbocycles. The SMILES string of the molecule is CCOC(=O)C(=O)Nc1cc(C)c(Oc2ccc(O)c(S(=O)(=O)CC3CCCC3)c2)c(Cl)c1. The van der Waals surface area contributed by atoms with E-state index in [1.807, 2.05) is 0 Å². The van der Waals surface area contributed by atoms with Gasteiger partial charge in [-0.2, -0.15) is 0 Å². The zero-order valence-corrected chi connectivity index (χ0v) is 20.0. The number of carbonyl (C=O) groups is 2. The summed E-state index contributed by atoms with van der Waals surface area (Å²) in [4.78, 5) is 23.2. The minimum Gasteiger partial charge on any atom is -0.507 e. The van der Waals surface area contributed by atoms with Crippen molar-refractivity contribution in [3.63, 3.8) is 0 Å². The van der Waals surface area contributed by atoms with Crippen molar-refractivity contribution in [3.05, 3.63) is 40.9 Å². The van der Waals surface area contributed by atoms with Gasteiger partial charge in [0.05, 0.1) is 17.4 Å². The molecule has 33 heavy (non-hydrogen) atoms. The highest BCUT2D eigenvalue weighted by Gasteiger charge is 2.27. The van der Waals surface area contributed by atoms with E-state index in [0.29, 0.717) is 5.56 Å². The molecule has 0 spiro atoms. The van der Waals surface area contributed by atoms with Crippen molar-refractivity contribution in [2.45, 2.75) is 44.4 Å². The second-order valence-corrected chi connectivity index (χ2v) is 10.4. The van der Waals surface area contributed by atoms with Crippen LogP contribution < -0.4 is 10.1 Å². The van der Waals surface area contributed by atoms with Crippen LogP contribution in [0.1, 0.15) is 38.2 Å². The van der Waals surface area contributed by atoms with Gasteiger partial charge in [0.1, 0.15) is 22.1 Å². The van der Waals surface area contributed by atoms with Crippen molar-refractivity contribution in [3.8, 4) is 17.2 Å². The lowest BCUT2D eigenvalue weighted by molar-refractivity contribution is -0.152. The lowest BCUT2D eigenvalue weighted by Gasteiger charge is -2.15. The number of esters is 1. The predicted octanol–water partition coefficient (Wildman–Crippen LogP) is 4.61. The molecule has 2 N–H and O–H groups in total. The number of sulfone groups is 1. The highest BCUT2D eigenvalue weighted by atomic mass is 35.5. The number of anilines is 1. The lowest BCUT2D eigenvalue weighted by Crippen LogP contribution is -2.25. The number of phenolic OH excluding ortho intramolecular Hbond substituents is 1. The van der Waals surface area contributed by atoms with E-state index < -0.39 is 21.7 Å². The van der Waals surface area contributed by atoms with Gasteiger partial charge >= 0.3 is 11.9 Å². The Bertz CT molecular complexity index is 1130. The second-order valence-electron chi connectivity index (χ2n) is 7.94. The Morgan fingerprint density at radius 3 is 2.52 bits per heavy atom. The zero-order chi connectivity index (χ0) is 24.2. The van der Waals surface area contributed by atoms with Crippen molar-refractivity contribution in [2.75, 3.05) is 17.7 Å².